The number of sulfonamides is 1. The lowest BCUT2D eigenvalue weighted by molar-refractivity contribution is -0.306. The van der Waals surface area contributed by atoms with Crippen molar-refractivity contribution < 1.29 is 13.5 Å². The summed E-state index contributed by atoms with van der Waals surface area (Å²) in [6.07, 6.45) is 7.36. The lowest BCUT2D eigenvalue weighted by Crippen LogP contribution is -2.36. The van der Waals surface area contributed by atoms with Crippen LogP contribution in [0.2, 0.25) is 0 Å². The molecule has 4 rings (SSSR count). The first kappa shape index (κ1) is 17.8. The number of allylic oxidation sites excluding steroid dienone is 5. The van der Waals surface area contributed by atoms with Gasteiger partial charge in [0.05, 0.1) is 5.71 Å². The maximum absolute atomic E-state index is 13.3. The lowest BCUT2D eigenvalue weighted by Gasteiger charge is -2.34. The second kappa shape index (κ2) is 6.83. The molecule has 0 amide bonds. The van der Waals surface area contributed by atoms with E-state index < -0.39 is 10.0 Å². The Morgan fingerprint density at radius 3 is 2.74 bits per heavy atom. The van der Waals surface area contributed by atoms with Crippen molar-refractivity contribution in [1.29, 1.82) is 0 Å². The zero-order chi connectivity index (χ0) is 19.0. The van der Waals surface area contributed by atoms with E-state index in [0.29, 0.717) is 0 Å². The Morgan fingerprint density at radius 1 is 1.19 bits per heavy atom. The minimum atomic E-state index is -3.85. The molecule has 0 radical (unpaired) electrons. The van der Waals surface area contributed by atoms with Gasteiger partial charge in [0.25, 0.3) is 10.0 Å². The van der Waals surface area contributed by atoms with Crippen LogP contribution in [0.1, 0.15) is 12.5 Å². The quantitative estimate of drug-likeness (QED) is 0.747. The summed E-state index contributed by atoms with van der Waals surface area (Å²) in [7, 11) is -3.85. The van der Waals surface area contributed by atoms with Gasteiger partial charge in [0, 0.05) is 17.3 Å². The van der Waals surface area contributed by atoms with Gasteiger partial charge in [-0.15, -0.1) is 11.3 Å². The highest BCUT2D eigenvalue weighted by atomic mass is 32.2. The summed E-state index contributed by atoms with van der Waals surface area (Å²) >= 11 is 1.10. The third kappa shape index (κ3) is 3.24. The SMILES string of the molecule is C[C@@H]1Cc2ccccc2N1C([O-])=C1C=CC=CC1=NS(=O)(=O)c1cccs1. The number of fused-ring (bicyclic) bond motifs is 1. The predicted molar refractivity (Wildman–Crippen MR) is 106 cm³/mol. The Kier molecular flexibility index (Phi) is 4.49. The van der Waals surface area contributed by atoms with Gasteiger partial charge in [0.15, 0.2) is 0 Å². The third-order valence-electron chi connectivity index (χ3n) is 4.53. The number of anilines is 1. The Bertz CT molecular complexity index is 1090. The second-order valence-corrected chi connectivity index (χ2v) is 9.15. The smallest absolute Gasteiger partial charge is 0.292 e. The van der Waals surface area contributed by atoms with E-state index in [1.165, 1.54) is 6.07 Å². The topological polar surface area (TPSA) is 72.8 Å². The molecule has 0 saturated heterocycles. The summed E-state index contributed by atoms with van der Waals surface area (Å²) in [4.78, 5) is 1.72. The summed E-state index contributed by atoms with van der Waals surface area (Å²) in [5, 5.41) is 15.0. The van der Waals surface area contributed by atoms with Crippen LogP contribution in [0, 0.1) is 0 Å². The molecule has 7 heteroatoms. The van der Waals surface area contributed by atoms with Crippen LogP contribution in [-0.2, 0) is 16.4 Å². The van der Waals surface area contributed by atoms with E-state index in [9.17, 15) is 13.5 Å². The molecular formula is C20H17N2O3S2-. The fourth-order valence-corrected chi connectivity index (χ4v) is 5.30. The third-order valence-corrected chi connectivity index (χ3v) is 7.19. The number of hydrogen-bond acceptors (Lipinski definition) is 5. The fraction of sp³-hybridized carbons (Fsp3) is 0.150. The molecule has 1 aliphatic heterocycles. The van der Waals surface area contributed by atoms with Crippen LogP contribution in [0.15, 0.2) is 86.1 Å². The number of benzene rings is 1. The van der Waals surface area contributed by atoms with Crippen molar-refractivity contribution in [3.63, 3.8) is 0 Å². The summed E-state index contributed by atoms with van der Waals surface area (Å²) in [6, 6.07) is 10.9. The Balaban J connectivity index is 1.80. The van der Waals surface area contributed by atoms with Gasteiger partial charge >= 0.3 is 0 Å². The predicted octanol–water partition coefficient (Wildman–Crippen LogP) is 3.03. The molecule has 0 saturated carbocycles. The van der Waals surface area contributed by atoms with E-state index in [2.05, 4.69) is 4.40 Å². The number of rotatable bonds is 3. The molecule has 2 aromatic rings. The molecule has 2 heterocycles. The largest absolute Gasteiger partial charge is 0.860 e. The maximum Gasteiger partial charge on any atom is 0.292 e. The molecule has 0 unspecified atom stereocenters. The second-order valence-electron chi connectivity index (χ2n) is 6.37. The molecule has 2 aliphatic rings. The first-order chi connectivity index (χ1) is 13.0. The van der Waals surface area contributed by atoms with E-state index in [1.54, 1.807) is 40.7 Å². The zero-order valence-electron chi connectivity index (χ0n) is 14.6. The summed E-state index contributed by atoms with van der Waals surface area (Å²) in [6.45, 7) is 1.99. The van der Waals surface area contributed by atoms with Crippen LogP contribution in [0.25, 0.3) is 0 Å². The standard InChI is InChI=1S/C20H18N2O3S2/c1-14-13-15-7-2-5-10-18(15)22(14)20(23)16-8-3-4-9-17(16)21-27(24,25)19-11-6-12-26-19/h2-12,14,23H,13H2,1H3/p-1/t14-/m1/s1. The Labute approximate surface area is 162 Å². The van der Waals surface area contributed by atoms with Crippen LogP contribution in [0.5, 0.6) is 0 Å². The van der Waals surface area contributed by atoms with E-state index in [0.717, 1.165) is 29.0 Å². The number of nitrogens with zero attached hydrogens (tertiary/aromatic N) is 2. The molecule has 27 heavy (non-hydrogen) atoms. The van der Waals surface area contributed by atoms with E-state index in [4.69, 9.17) is 0 Å². The van der Waals surface area contributed by atoms with Gasteiger partial charge in [0.2, 0.25) is 0 Å². The van der Waals surface area contributed by atoms with Gasteiger partial charge in [-0.3, -0.25) is 0 Å². The van der Waals surface area contributed by atoms with Crippen LogP contribution in [0.3, 0.4) is 0 Å². The van der Waals surface area contributed by atoms with Crippen LogP contribution in [-0.4, -0.2) is 20.2 Å². The number of thiophene rings is 1. The minimum Gasteiger partial charge on any atom is -0.860 e. The van der Waals surface area contributed by atoms with E-state index in [-0.39, 0.29) is 27.4 Å². The molecule has 0 spiro atoms. The molecule has 1 aromatic heterocycles. The van der Waals surface area contributed by atoms with Crippen molar-refractivity contribution in [3.05, 3.63) is 83.1 Å². The van der Waals surface area contributed by atoms with Crippen molar-refractivity contribution in [2.24, 2.45) is 4.40 Å². The fourth-order valence-electron chi connectivity index (χ4n) is 3.32. The van der Waals surface area contributed by atoms with Crippen molar-refractivity contribution >= 4 is 32.8 Å². The average molecular weight is 398 g/mol. The first-order valence-electron chi connectivity index (χ1n) is 8.49. The Hall–Kier alpha value is -2.64. The van der Waals surface area contributed by atoms with Gasteiger partial charge in [0.1, 0.15) is 4.21 Å². The molecule has 1 atom stereocenters. The zero-order valence-corrected chi connectivity index (χ0v) is 16.2. The molecule has 0 fully saturated rings. The van der Waals surface area contributed by atoms with Crippen LogP contribution >= 0.6 is 11.3 Å². The molecule has 0 N–H and O–H groups in total. The molecule has 0 bridgehead atoms. The van der Waals surface area contributed by atoms with Crippen molar-refractivity contribution in [2.45, 2.75) is 23.6 Å². The van der Waals surface area contributed by atoms with Gasteiger partial charge in [-0.05, 0) is 48.4 Å². The van der Waals surface area contributed by atoms with Gasteiger partial charge in [-0.1, -0.05) is 42.5 Å². The minimum absolute atomic E-state index is 0.00291. The van der Waals surface area contributed by atoms with Gasteiger partial charge in [-0.25, -0.2) is 0 Å². The number of hydrogen-bond donors (Lipinski definition) is 0. The van der Waals surface area contributed by atoms with Crippen LogP contribution in [0.4, 0.5) is 5.69 Å². The molecule has 1 aromatic carbocycles. The van der Waals surface area contributed by atoms with Crippen LogP contribution < -0.4 is 10.0 Å². The normalized spacial score (nSPS) is 22.3. The highest BCUT2D eigenvalue weighted by Crippen LogP contribution is 2.35. The van der Waals surface area contributed by atoms with E-state index >= 15 is 0 Å². The molecular weight excluding hydrogens is 380 g/mol. The summed E-state index contributed by atoms with van der Waals surface area (Å²) in [5.41, 5.74) is 2.42. The monoisotopic (exact) mass is 397 g/mol. The molecule has 1 aliphatic carbocycles. The lowest BCUT2D eigenvalue weighted by atomic mass is 10.1. The maximum atomic E-state index is 13.3. The van der Waals surface area contributed by atoms with Crippen molar-refractivity contribution in [1.82, 2.24) is 0 Å². The average Bonchev–Trinajstić information content (AvgIpc) is 3.29. The van der Waals surface area contributed by atoms with Gasteiger partial charge < -0.3 is 10.0 Å². The number of para-hydroxylation sites is 1. The highest BCUT2D eigenvalue weighted by molar-refractivity contribution is 7.92. The first-order valence-corrected chi connectivity index (χ1v) is 10.8. The summed E-state index contributed by atoms with van der Waals surface area (Å²) in [5.74, 6) is -0.242. The molecule has 5 nitrogen and oxygen atoms in total. The summed E-state index contributed by atoms with van der Waals surface area (Å²) < 4.78 is 29.2. The van der Waals surface area contributed by atoms with Crippen molar-refractivity contribution in [2.75, 3.05) is 4.90 Å². The Morgan fingerprint density at radius 2 is 1.96 bits per heavy atom. The van der Waals surface area contributed by atoms with Gasteiger partial charge in [-0.2, -0.15) is 12.8 Å². The highest BCUT2D eigenvalue weighted by Gasteiger charge is 2.27. The molecule has 138 valence electrons. The van der Waals surface area contributed by atoms with Crippen molar-refractivity contribution in [3.8, 4) is 0 Å². The van der Waals surface area contributed by atoms with E-state index in [1.807, 2.05) is 31.2 Å².